The lowest BCUT2D eigenvalue weighted by Crippen LogP contribution is -2.45. The van der Waals surface area contributed by atoms with Gasteiger partial charge in [-0.1, -0.05) is 0 Å². The molecule has 0 amide bonds. The first-order chi connectivity index (χ1) is 5.79. The van der Waals surface area contributed by atoms with Crippen LogP contribution in [0.4, 0.5) is 13.2 Å². The second kappa shape index (κ2) is 3.98. The second-order valence-corrected chi connectivity index (χ2v) is 3.18. The van der Waals surface area contributed by atoms with Crippen molar-refractivity contribution in [2.45, 2.75) is 26.7 Å². The number of esters is 1. The van der Waals surface area contributed by atoms with Crippen LogP contribution in [0.5, 0.6) is 0 Å². The van der Waals surface area contributed by atoms with Gasteiger partial charge in [0, 0.05) is 0 Å². The molecule has 0 saturated heterocycles. The number of hydrogen-bond acceptors (Lipinski definition) is 2. The molecule has 0 fully saturated rings. The van der Waals surface area contributed by atoms with Crippen molar-refractivity contribution in [2.75, 3.05) is 13.3 Å². The maximum atomic E-state index is 12.8. The zero-order valence-corrected chi connectivity index (χ0v) is 7.86. The molecule has 0 atom stereocenters. The van der Waals surface area contributed by atoms with Crippen molar-refractivity contribution < 1.29 is 22.7 Å². The molecule has 0 aliphatic rings. The Labute approximate surface area is 75.1 Å². The Hall–Kier alpha value is -0.740. The minimum Gasteiger partial charge on any atom is -0.465 e. The largest absolute Gasteiger partial charge is 0.465 e. The van der Waals surface area contributed by atoms with Gasteiger partial charge in [0.05, 0.1) is 6.61 Å². The maximum absolute atomic E-state index is 12.8. The average Bonchev–Trinajstić information content (AvgIpc) is 2.04. The number of rotatable bonds is 4. The van der Waals surface area contributed by atoms with E-state index in [1.54, 1.807) is 0 Å². The molecule has 0 aromatic heterocycles. The van der Waals surface area contributed by atoms with Gasteiger partial charge in [0.25, 0.3) is 5.92 Å². The van der Waals surface area contributed by atoms with Crippen molar-refractivity contribution in [3.63, 3.8) is 0 Å². The van der Waals surface area contributed by atoms with E-state index < -0.39 is 24.0 Å². The van der Waals surface area contributed by atoms with E-state index in [1.807, 2.05) is 0 Å². The van der Waals surface area contributed by atoms with Crippen molar-refractivity contribution in [1.82, 2.24) is 0 Å². The van der Waals surface area contributed by atoms with Gasteiger partial charge in [-0.05, 0) is 20.8 Å². The van der Waals surface area contributed by atoms with Gasteiger partial charge in [0.15, 0.2) is 6.67 Å². The summed E-state index contributed by atoms with van der Waals surface area (Å²) < 4.78 is 42.0. The first kappa shape index (κ1) is 12.3. The van der Waals surface area contributed by atoms with Crippen molar-refractivity contribution >= 4 is 5.97 Å². The van der Waals surface area contributed by atoms with Gasteiger partial charge in [-0.15, -0.1) is 0 Å². The van der Waals surface area contributed by atoms with Crippen molar-refractivity contribution in [3.05, 3.63) is 0 Å². The summed E-state index contributed by atoms with van der Waals surface area (Å²) >= 11 is 0. The first-order valence-electron chi connectivity index (χ1n) is 3.90. The van der Waals surface area contributed by atoms with Gasteiger partial charge in [-0.25, -0.2) is 13.2 Å². The second-order valence-electron chi connectivity index (χ2n) is 3.18. The highest BCUT2D eigenvalue weighted by Gasteiger charge is 2.53. The summed E-state index contributed by atoms with van der Waals surface area (Å²) in [5.41, 5.74) is -2.11. The first-order valence-corrected chi connectivity index (χ1v) is 3.90. The molecule has 0 aromatic rings. The molecule has 0 spiro atoms. The van der Waals surface area contributed by atoms with Crippen molar-refractivity contribution in [1.29, 1.82) is 0 Å². The zero-order chi connectivity index (χ0) is 10.7. The van der Waals surface area contributed by atoms with Crippen LogP contribution in [0.3, 0.4) is 0 Å². The van der Waals surface area contributed by atoms with Crippen LogP contribution in [0.25, 0.3) is 0 Å². The summed E-state index contributed by atoms with van der Waals surface area (Å²) in [7, 11) is 0. The highest BCUT2D eigenvalue weighted by Crippen LogP contribution is 2.37. The standard InChI is InChI=1S/C8H13F3O2/c1-4-13-6(12)7(2,3)8(10,11)5-9/h4-5H2,1-3H3. The fraction of sp³-hybridized carbons (Fsp3) is 0.875. The lowest BCUT2D eigenvalue weighted by Gasteiger charge is -2.29. The third kappa shape index (κ3) is 2.35. The minimum atomic E-state index is -3.68. The molecule has 0 rings (SSSR count). The highest BCUT2D eigenvalue weighted by molar-refractivity contribution is 5.77. The monoisotopic (exact) mass is 198 g/mol. The van der Waals surface area contributed by atoms with E-state index >= 15 is 0 Å². The van der Waals surface area contributed by atoms with Gasteiger partial charge >= 0.3 is 5.97 Å². The topological polar surface area (TPSA) is 26.3 Å². The maximum Gasteiger partial charge on any atom is 0.317 e. The quantitative estimate of drug-likeness (QED) is 0.647. The van der Waals surface area contributed by atoms with Gasteiger partial charge < -0.3 is 4.74 Å². The third-order valence-electron chi connectivity index (χ3n) is 1.87. The van der Waals surface area contributed by atoms with Crippen LogP contribution in [0.15, 0.2) is 0 Å². The molecule has 0 aromatic carbocycles. The Kier molecular flexibility index (Phi) is 3.75. The highest BCUT2D eigenvalue weighted by atomic mass is 19.3. The molecule has 2 nitrogen and oxygen atoms in total. The molecule has 0 unspecified atom stereocenters. The number of halogens is 3. The van der Waals surface area contributed by atoms with E-state index in [1.165, 1.54) is 6.92 Å². The van der Waals surface area contributed by atoms with Crippen LogP contribution in [-0.4, -0.2) is 25.2 Å². The Morgan fingerprint density at radius 1 is 1.38 bits per heavy atom. The van der Waals surface area contributed by atoms with E-state index in [4.69, 9.17) is 0 Å². The van der Waals surface area contributed by atoms with Crippen LogP contribution >= 0.6 is 0 Å². The zero-order valence-electron chi connectivity index (χ0n) is 7.86. The summed E-state index contributed by atoms with van der Waals surface area (Å²) in [6.07, 6.45) is 0. The van der Waals surface area contributed by atoms with Gasteiger partial charge in [-0.3, -0.25) is 4.79 Å². The van der Waals surface area contributed by atoms with Gasteiger partial charge in [0.2, 0.25) is 0 Å². The average molecular weight is 198 g/mol. The summed E-state index contributed by atoms with van der Waals surface area (Å²) in [6, 6.07) is 0. The summed E-state index contributed by atoms with van der Waals surface area (Å²) in [4.78, 5) is 11.0. The molecule has 13 heavy (non-hydrogen) atoms. The minimum absolute atomic E-state index is 0.00459. The molecule has 78 valence electrons. The summed E-state index contributed by atoms with van der Waals surface area (Å²) in [6.45, 7) is 1.57. The number of carbonyl (C=O) groups is 1. The third-order valence-corrected chi connectivity index (χ3v) is 1.87. The molecule has 0 aliphatic carbocycles. The molecular weight excluding hydrogens is 185 g/mol. The predicted molar refractivity (Wildman–Crippen MR) is 41.3 cm³/mol. The van der Waals surface area contributed by atoms with E-state index in [9.17, 15) is 18.0 Å². The molecular formula is C8H13F3O2. The lowest BCUT2D eigenvalue weighted by molar-refractivity contribution is -0.182. The molecule has 0 aliphatic heterocycles. The lowest BCUT2D eigenvalue weighted by atomic mass is 9.86. The van der Waals surface area contributed by atoms with Crippen LogP contribution < -0.4 is 0 Å². The van der Waals surface area contributed by atoms with Crippen molar-refractivity contribution in [3.8, 4) is 0 Å². The van der Waals surface area contributed by atoms with Crippen LogP contribution in [0.2, 0.25) is 0 Å². The number of carbonyl (C=O) groups excluding carboxylic acids is 1. The van der Waals surface area contributed by atoms with E-state index in [2.05, 4.69) is 4.74 Å². The smallest absolute Gasteiger partial charge is 0.317 e. The summed E-state index contributed by atoms with van der Waals surface area (Å²) in [5.74, 6) is -4.77. The van der Waals surface area contributed by atoms with Crippen molar-refractivity contribution in [2.24, 2.45) is 5.41 Å². The number of ether oxygens (including phenoxy) is 1. The normalized spacial score (nSPS) is 12.8. The molecule has 0 heterocycles. The van der Waals surface area contributed by atoms with E-state index in [-0.39, 0.29) is 6.61 Å². The number of alkyl halides is 3. The fourth-order valence-electron chi connectivity index (χ4n) is 0.628. The van der Waals surface area contributed by atoms with Crippen LogP contribution in [0, 0.1) is 5.41 Å². The molecule has 0 N–H and O–H groups in total. The molecule has 0 radical (unpaired) electrons. The Balaban J connectivity index is 4.64. The van der Waals surface area contributed by atoms with E-state index in [0.29, 0.717) is 0 Å². The van der Waals surface area contributed by atoms with Gasteiger partial charge in [0.1, 0.15) is 5.41 Å². The Bertz CT molecular complexity index is 190. The number of hydrogen-bond donors (Lipinski definition) is 0. The van der Waals surface area contributed by atoms with E-state index in [0.717, 1.165) is 13.8 Å². The SMILES string of the molecule is CCOC(=O)C(C)(C)C(F)(F)CF. The predicted octanol–water partition coefficient (Wildman–Crippen LogP) is 2.18. The van der Waals surface area contributed by atoms with Gasteiger partial charge in [-0.2, -0.15) is 0 Å². The fourth-order valence-corrected chi connectivity index (χ4v) is 0.628. The molecule has 0 bridgehead atoms. The Morgan fingerprint density at radius 2 is 1.85 bits per heavy atom. The molecule has 0 saturated carbocycles. The summed E-state index contributed by atoms with van der Waals surface area (Å²) in [5, 5.41) is 0. The van der Waals surface area contributed by atoms with Crippen LogP contribution in [-0.2, 0) is 9.53 Å². The van der Waals surface area contributed by atoms with Crippen LogP contribution in [0.1, 0.15) is 20.8 Å². The molecule has 5 heteroatoms. The Morgan fingerprint density at radius 3 is 2.15 bits per heavy atom.